The van der Waals surface area contributed by atoms with E-state index in [9.17, 15) is 5.11 Å². The highest BCUT2D eigenvalue weighted by Crippen LogP contribution is 2.20. The lowest BCUT2D eigenvalue weighted by Gasteiger charge is -2.27. The molecule has 1 rings (SSSR count). The highest BCUT2D eigenvalue weighted by atomic mass is 16.3. The highest BCUT2D eigenvalue weighted by Gasteiger charge is 2.19. The second kappa shape index (κ2) is 8.50. The van der Waals surface area contributed by atoms with E-state index in [2.05, 4.69) is 43.3 Å². The Morgan fingerprint density at radius 2 is 1.85 bits per heavy atom. The summed E-state index contributed by atoms with van der Waals surface area (Å²) in [5.41, 5.74) is 0.390. The summed E-state index contributed by atoms with van der Waals surface area (Å²) < 4.78 is 0. The van der Waals surface area contributed by atoms with Crippen LogP contribution in [0.2, 0.25) is 0 Å². The van der Waals surface area contributed by atoms with Crippen molar-refractivity contribution >= 4 is 5.96 Å². The Morgan fingerprint density at radius 3 is 2.40 bits per heavy atom. The summed E-state index contributed by atoms with van der Waals surface area (Å²) in [4.78, 5) is 4.66. The minimum Gasteiger partial charge on any atom is -0.393 e. The molecule has 20 heavy (non-hydrogen) atoms. The summed E-state index contributed by atoms with van der Waals surface area (Å²) in [5.74, 6) is 0.933. The molecule has 1 fully saturated rings. The second-order valence-corrected chi connectivity index (χ2v) is 7.07. The second-order valence-electron chi connectivity index (χ2n) is 7.07. The highest BCUT2D eigenvalue weighted by molar-refractivity contribution is 5.80. The summed E-state index contributed by atoms with van der Waals surface area (Å²) in [6.07, 6.45) is 6.11. The van der Waals surface area contributed by atoms with Crippen molar-refractivity contribution in [3.05, 3.63) is 0 Å². The molecule has 0 unspecified atom stereocenters. The van der Waals surface area contributed by atoms with Gasteiger partial charge in [0.25, 0.3) is 0 Å². The molecular weight excluding hydrogens is 250 g/mol. The fourth-order valence-electron chi connectivity index (χ4n) is 2.53. The molecule has 0 amide bonds. The van der Waals surface area contributed by atoms with E-state index in [0.29, 0.717) is 11.5 Å². The van der Waals surface area contributed by atoms with Crippen LogP contribution in [0.3, 0.4) is 0 Å². The molecule has 0 atom stereocenters. The first-order chi connectivity index (χ1) is 9.40. The van der Waals surface area contributed by atoms with Crippen LogP contribution in [-0.4, -0.2) is 36.3 Å². The maximum absolute atomic E-state index is 9.54. The largest absolute Gasteiger partial charge is 0.393 e. The van der Waals surface area contributed by atoms with Crippen LogP contribution < -0.4 is 10.6 Å². The number of nitrogens with zero attached hydrogens (tertiary/aromatic N) is 1. The lowest BCUT2D eigenvalue weighted by Crippen LogP contribution is -2.45. The van der Waals surface area contributed by atoms with Gasteiger partial charge >= 0.3 is 0 Å². The fraction of sp³-hybridized carbons (Fsp3) is 0.938. The van der Waals surface area contributed by atoms with Crippen molar-refractivity contribution < 1.29 is 5.11 Å². The molecule has 0 radical (unpaired) electrons. The van der Waals surface area contributed by atoms with Crippen LogP contribution in [0, 0.1) is 5.41 Å². The van der Waals surface area contributed by atoms with Gasteiger partial charge in [-0.2, -0.15) is 0 Å². The molecule has 0 aromatic heterocycles. The number of aliphatic hydroxyl groups excluding tert-OH is 1. The van der Waals surface area contributed by atoms with Gasteiger partial charge in [0.15, 0.2) is 5.96 Å². The fourth-order valence-corrected chi connectivity index (χ4v) is 2.53. The Balaban J connectivity index is 2.35. The van der Waals surface area contributed by atoms with E-state index in [1.165, 1.54) is 6.42 Å². The minimum absolute atomic E-state index is 0.0978. The molecule has 1 aliphatic carbocycles. The van der Waals surface area contributed by atoms with Crippen molar-refractivity contribution in [3.63, 3.8) is 0 Å². The molecule has 1 saturated carbocycles. The van der Waals surface area contributed by atoms with Crippen molar-refractivity contribution in [2.45, 2.75) is 78.4 Å². The number of hydrogen-bond donors (Lipinski definition) is 3. The Kier molecular flexibility index (Phi) is 7.35. The third-order valence-electron chi connectivity index (χ3n) is 3.74. The number of hydrogen-bond acceptors (Lipinski definition) is 2. The molecule has 0 aliphatic heterocycles. The first kappa shape index (κ1) is 17.3. The van der Waals surface area contributed by atoms with Gasteiger partial charge in [-0.05, 0) is 50.9 Å². The van der Waals surface area contributed by atoms with E-state index in [1.54, 1.807) is 0 Å². The van der Waals surface area contributed by atoms with Gasteiger partial charge < -0.3 is 15.7 Å². The first-order valence-electron chi connectivity index (χ1n) is 8.13. The van der Waals surface area contributed by atoms with Crippen molar-refractivity contribution in [3.8, 4) is 0 Å². The van der Waals surface area contributed by atoms with Crippen molar-refractivity contribution in [1.82, 2.24) is 10.6 Å². The molecule has 0 aromatic rings. The van der Waals surface area contributed by atoms with Crippen LogP contribution in [0.5, 0.6) is 0 Å². The smallest absolute Gasteiger partial charge is 0.191 e. The average Bonchev–Trinajstić information content (AvgIpc) is 2.36. The van der Waals surface area contributed by atoms with Crippen molar-refractivity contribution in [2.24, 2.45) is 10.4 Å². The Bertz CT molecular complexity index is 289. The van der Waals surface area contributed by atoms with Crippen LogP contribution in [0.1, 0.15) is 66.2 Å². The van der Waals surface area contributed by atoms with E-state index in [0.717, 1.165) is 51.2 Å². The Morgan fingerprint density at radius 1 is 1.20 bits per heavy atom. The van der Waals surface area contributed by atoms with Gasteiger partial charge in [-0.15, -0.1) is 0 Å². The summed E-state index contributed by atoms with van der Waals surface area (Å²) >= 11 is 0. The molecule has 1 aliphatic rings. The van der Waals surface area contributed by atoms with Gasteiger partial charge in [0.2, 0.25) is 0 Å². The van der Waals surface area contributed by atoms with E-state index >= 15 is 0 Å². The maximum Gasteiger partial charge on any atom is 0.191 e. The van der Waals surface area contributed by atoms with Gasteiger partial charge in [-0.25, -0.2) is 0 Å². The topological polar surface area (TPSA) is 56.7 Å². The van der Waals surface area contributed by atoms with Gasteiger partial charge in [-0.1, -0.05) is 20.8 Å². The molecular formula is C16H33N3O. The van der Waals surface area contributed by atoms with Gasteiger partial charge in [0.05, 0.1) is 6.10 Å². The number of aliphatic hydroxyl groups is 1. The van der Waals surface area contributed by atoms with E-state index in [-0.39, 0.29) is 6.10 Å². The molecule has 4 heteroatoms. The number of nitrogens with one attached hydrogen (secondary N) is 2. The van der Waals surface area contributed by atoms with Crippen molar-refractivity contribution in [1.29, 1.82) is 0 Å². The third-order valence-corrected chi connectivity index (χ3v) is 3.74. The number of guanidine groups is 1. The zero-order chi connectivity index (χ0) is 15.0. The van der Waals surface area contributed by atoms with Crippen LogP contribution >= 0.6 is 0 Å². The molecule has 0 aromatic carbocycles. The molecule has 118 valence electrons. The molecule has 0 spiro atoms. The van der Waals surface area contributed by atoms with Gasteiger partial charge in [-0.3, -0.25) is 4.99 Å². The zero-order valence-corrected chi connectivity index (χ0v) is 13.7. The lowest BCUT2D eigenvalue weighted by molar-refractivity contribution is 0.120. The summed E-state index contributed by atoms with van der Waals surface area (Å²) in [6, 6.07) is 0.457. The molecule has 0 bridgehead atoms. The van der Waals surface area contributed by atoms with Crippen LogP contribution in [0.4, 0.5) is 0 Å². The summed E-state index contributed by atoms with van der Waals surface area (Å²) in [7, 11) is 0. The quantitative estimate of drug-likeness (QED) is 0.413. The summed E-state index contributed by atoms with van der Waals surface area (Å²) in [6.45, 7) is 10.7. The van der Waals surface area contributed by atoms with Crippen LogP contribution in [0.15, 0.2) is 4.99 Å². The Hall–Kier alpha value is -0.770. The zero-order valence-electron chi connectivity index (χ0n) is 13.7. The van der Waals surface area contributed by atoms with E-state index in [1.807, 2.05) is 0 Å². The molecule has 4 nitrogen and oxygen atoms in total. The normalized spacial score (nSPS) is 24.6. The van der Waals surface area contributed by atoms with E-state index in [4.69, 9.17) is 0 Å². The predicted octanol–water partition coefficient (Wildman–Crippen LogP) is 2.67. The molecule has 0 heterocycles. The lowest BCUT2D eigenvalue weighted by atomic mass is 9.91. The third kappa shape index (κ3) is 7.73. The number of aliphatic imine (C=N–C) groups is 1. The Labute approximate surface area is 124 Å². The maximum atomic E-state index is 9.54. The van der Waals surface area contributed by atoms with E-state index < -0.39 is 0 Å². The minimum atomic E-state index is -0.0978. The van der Waals surface area contributed by atoms with Gasteiger partial charge in [0.1, 0.15) is 0 Å². The average molecular weight is 283 g/mol. The monoisotopic (exact) mass is 283 g/mol. The van der Waals surface area contributed by atoms with Crippen molar-refractivity contribution in [2.75, 3.05) is 13.1 Å². The first-order valence-corrected chi connectivity index (χ1v) is 8.13. The van der Waals surface area contributed by atoms with Gasteiger partial charge in [0, 0.05) is 19.1 Å². The standard InChI is InChI=1S/C16H33N3O/c1-5-17-15(18-12-6-11-16(2,3)4)19-13-7-9-14(20)10-8-13/h13-14,20H,5-12H2,1-4H3,(H2,17,18,19). The summed E-state index contributed by atoms with van der Waals surface area (Å²) in [5, 5.41) is 16.4. The number of rotatable bonds is 5. The van der Waals surface area contributed by atoms with Crippen LogP contribution in [-0.2, 0) is 0 Å². The molecule has 0 saturated heterocycles. The predicted molar refractivity (Wildman–Crippen MR) is 86.1 cm³/mol. The SMILES string of the molecule is CCNC(=NCCCC(C)(C)C)NC1CCC(O)CC1. The molecule has 3 N–H and O–H groups in total. The van der Waals surface area contributed by atoms with Crippen LogP contribution in [0.25, 0.3) is 0 Å².